The van der Waals surface area contributed by atoms with Crippen LogP contribution in [0.4, 0.5) is 0 Å². The maximum atomic E-state index is 11.8. The molecular formula is C9H8BrN3OS3. The van der Waals surface area contributed by atoms with Crippen molar-refractivity contribution in [3.63, 3.8) is 0 Å². The molecule has 0 saturated heterocycles. The smallest absolute Gasteiger partial charge is 0.358 e. The average Bonchev–Trinajstić information content (AvgIpc) is 2.68. The molecule has 17 heavy (non-hydrogen) atoms. The summed E-state index contributed by atoms with van der Waals surface area (Å²) in [6, 6.07) is 3.63. The highest BCUT2D eigenvalue weighted by Crippen LogP contribution is 2.33. The van der Waals surface area contributed by atoms with Gasteiger partial charge in [-0.15, -0.1) is 11.3 Å². The van der Waals surface area contributed by atoms with E-state index in [0.717, 1.165) is 4.24 Å². The molecule has 1 aliphatic heterocycles. The van der Waals surface area contributed by atoms with Crippen LogP contribution in [0.1, 0.15) is 9.67 Å². The van der Waals surface area contributed by atoms with Crippen LogP contribution in [0.25, 0.3) is 0 Å². The molecular weight excluding hydrogens is 342 g/mol. The molecule has 2 rings (SSSR count). The summed E-state index contributed by atoms with van der Waals surface area (Å²) < 4.78 is 0.753. The second-order valence-corrected chi connectivity index (χ2v) is 6.13. The van der Waals surface area contributed by atoms with Crippen LogP contribution in [0.5, 0.6) is 0 Å². The second-order valence-electron chi connectivity index (χ2n) is 2.80. The van der Waals surface area contributed by atoms with Crippen molar-refractivity contribution >= 4 is 51.0 Å². The molecule has 0 bridgehead atoms. The molecule has 0 unspecified atom stereocenters. The van der Waals surface area contributed by atoms with Crippen LogP contribution in [0.15, 0.2) is 32.8 Å². The first-order chi connectivity index (χ1) is 7.65. The number of hydrogen-bond acceptors (Lipinski definition) is 5. The summed E-state index contributed by atoms with van der Waals surface area (Å²) >= 11 is 3.91. The zero-order valence-corrected chi connectivity index (χ0v) is 12.5. The normalized spacial score (nSPS) is 17.5. The Morgan fingerprint density at radius 1 is 1.47 bits per heavy atom. The summed E-state index contributed by atoms with van der Waals surface area (Å²) in [5, 5.41) is 8.15. The van der Waals surface area contributed by atoms with Crippen molar-refractivity contribution in [1.82, 2.24) is 0 Å². The van der Waals surface area contributed by atoms with E-state index >= 15 is 0 Å². The zero-order chi connectivity index (χ0) is 11.5. The number of thioether (sulfide) groups is 2. The molecule has 0 saturated carbocycles. The van der Waals surface area contributed by atoms with Crippen molar-refractivity contribution in [1.29, 1.82) is 0 Å². The van der Waals surface area contributed by atoms with E-state index in [1.807, 2.05) is 11.4 Å². The first kappa shape index (κ1) is 14.5. The van der Waals surface area contributed by atoms with E-state index in [9.17, 15) is 4.79 Å². The van der Waals surface area contributed by atoms with E-state index in [4.69, 9.17) is 11.1 Å². The van der Waals surface area contributed by atoms with Crippen LogP contribution in [0, 0.1) is 0 Å². The Bertz CT molecular complexity index is 496. The Morgan fingerprint density at radius 2 is 2.24 bits per heavy atom. The molecule has 1 aliphatic rings. The molecule has 8 heteroatoms. The van der Waals surface area contributed by atoms with Gasteiger partial charge in [-0.1, -0.05) is 6.07 Å². The number of nitrogens with two attached hydrogens (primary N) is 2. The Kier molecular flexibility index (Phi) is 5.44. The van der Waals surface area contributed by atoms with Crippen LogP contribution in [0.3, 0.4) is 0 Å². The van der Waals surface area contributed by atoms with Gasteiger partial charge in [-0.05, 0) is 28.2 Å². The molecule has 90 valence electrons. The van der Waals surface area contributed by atoms with Crippen molar-refractivity contribution < 1.29 is 27.2 Å². The highest BCUT2D eigenvalue weighted by Gasteiger charge is 2.22. The van der Waals surface area contributed by atoms with Crippen LogP contribution in [-0.2, 0) is 0 Å². The molecule has 4 N–H and O–H groups in total. The van der Waals surface area contributed by atoms with Gasteiger partial charge in [-0.3, -0.25) is 10.2 Å². The molecule has 2 heterocycles. The van der Waals surface area contributed by atoms with Crippen LogP contribution >= 0.6 is 34.9 Å². The van der Waals surface area contributed by atoms with Crippen molar-refractivity contribution in [2.75, 3.05) is 0 Å². The Labute approximate surface area is 121 Å². The van der Waals surface area contributed by atoms with E-state index in [-0.39, 0.29) is 22.8 Å². The number of carbonyl (C=O) groups is 1. The highest BCUT2D eigenvalue weighted by atomic mass is 79.9. The molecule has 0 atom stereocenters. The number of nitrogens with zero attached hydrogens (tertiary/aromatic N) is 1. The SMILES string of the molecule is NC1=NC(=[NH2+])S/C(=C/C(=O)c2cccs2)S1.[Br-]. The maximum Gasteiger partial charge on any atom is 0.358 e. The van der Waals surface area contributed by atoms with Gasteiger partial charge in [0.05, 0.1) is 9.11 Å². The fourth-order valence-corrected chi connectivity index (χ4v) is 3.44. The molecule has 0 amide bonds. The van der Waals surface area contributed by atoms with Gasteiger partial charge in [0.1, 0.15) is 0 Å². The Hall–Kier alpha value is -0.570. The predicted octanol–water partition coefficient (Wildman–Crippen LogP) is -2.31. The van der Waals surface area contributed by atoms with Gasteiger partial charge in [0.15, 0.2) is 5.78 Å². The van der Waals surface area contributed by atoms with Crippen molar-refractivity contribution in [2.24, 2.45) is 10.7 Å². The minimum absolute atomic E-state index is 0. The standard InChI is InChI=1S/C9H7N3OS3.BrH/c10-8-12-9(11)16-7(15-8)4-5(13)6-2-1-3-14-6;/h1-4H,(H3,10,11,12);1H. The van der Waals surface area contributed by atoms with Gasteiger partial charge in [-0.2, -0.15) is 0 Å². The van der Waals surface area contributed by atoms with E-state index in [2.05, 4.69) is 4.99 Å². The van der Waals surface area contributed by atoms with Crippen molar-refractivity contribution in [3.8, 4) is 0 Å². The van der Waals surface area contributed by atoms with E-state index < -0.39 is 0 Å². The largest absolute Gasteiger partial charge is 1.00 e. The highest BCUT2D eigenvalue weighted by molar-refractivity contribution is 8.35. The summed E-state index contributed by atoms with van der Waals surface area (Å²) in [6.07, 6.45) is 1.54. The monoisotopic (exact) mass is 349 g/mol. The van der Waals surface area contributed by atoms with Crippen LogP contribution in [-0.4, -0.2) is 16.1 Å². The topological polar surface area (TPSA) is 81.0 Å². The number of aliphatic imine (C=N–C) groups is 1. The Balaban J connectivity index is 0.00000144. The molecule has 4 nitrogen and oxygen atoms in total. The predicted molar refractivity (Wildman–Crippen MR) is 70.5 cm³/mol. The summed E-state index contributed by atoms with van der Waals surface area (Å²) in [7, 11) is 0. The molecule has 0 fully saturated rings. The molecule has 0 aromatic carbocycles. The summed E-state index contributed by atoms with van der Waals surface area (Å²) in [5.74, 6) is -0.0347. The minimum Gasteiger partial charge on any atom is -1.00 e. The number of ketones is 1. The summed E-state index contributed by atoms with van der Waals surface area (Å²) in [4.78, 5) is 16.3. The molecule has 0 radical (unpaired) electrons. The van der Waals surface area contributed by atoms with Gasteiger partial charge < -0.3 is 22.7 Å². The van der Waals surface area contributed by atoms with E-state index in [1.54, 1.807) is 6.07 Å². The van der Waals surface area contributed by atoms with Gasteiger partial charge in [-0.25, -0.2) is 0 Å². The summed E-state index contributed by atoms with van der Waals surface area (Å²) in [6.45, 7) is 0. The number of hydrogen-bond donors (Lipinski definition) is 2. The third-order valence-corrected chi connectivity index (χ3v) is 4.27. The fourth-order valence-electron chi connectivity index (χ4n) is 1.04. The van der Waals surface area contributed by atoms with Crippen LogP contribution in [0.2, 0.25) is 0 Å². The number of allylic oxidation sites excluding steroid dienone is 1. The minimum atomic E-state index is -0.0347. The van der Waals surface area contributed by atoms with Crippen LogP contribution < -0.4 is 28.1 Å². The first-order valence-corrected chi connectivity index (χ1v) is 6.78. The van der Waals surface area contributed by atoms with E-state index in [0.29, 0.717) is 15.2 Å². The second kappa shape index (κ2) is 6.39. The lowest BCUT2D eigenvalue weighted by atomic mass is 10.3. The lowest BCUT2D eigenvalue weighted by Crippen LogP contribution is -3.00. The van der Waals surface area contributed by atoms with Gasteiger partial charge >= 0.3 is 5.17 Å². The average molecular weight is 350 g/mol. The molecule has 1 aromatic heterocycles. The lowest BCUT2D eigenvalue weighted by Gasteiger charge is -2.03. The lowest BCUT2D eigenvalue weighted by molar-refractivity contribution is -0.109. The molecule has 0 aliphatic carbocycles. The first-order valence-electron chi connectivity index (χ1n) is 4.27. The zero-order valence-electron chi connectivity index (χ0n) is 8.42. The molecule has 1 aromatic rings. The van der Waals surface area contributed by atoms with Gasteiger partial charge in [0.25, 0.3) is 5.17 Å². The quantitative estimate of drug-likeness (QED) is 0.464. The number of halogens is 1. The third kappa shape index (κ3) is 3.98. The Morgan fingerprint density at radius 3 is 2.82 bits per heavy atom. The number of carbonyl (C=O) groups excluding carboxylic acids is 1. The number of amidine groups is 2. The van der Waals surface area contributed by atoms with Gasteiger partial charge in [0.2, 0.25) is 0 Å². The maximum absolute atomic E-state index is 11.8. The number of thiophene rings is 1. The number of rotatable bonds is 2. The molecule has 0 spiro atoms. The van der Waals surface area contributed by atoms with Gasteiger partial charge in [0, 0.05) is 17.8 Å². The third-order valence-electron chi connectivity index (χ3n) is 1.64. The van der Waals surface area contributed by atoms with Crippen molar-refractivity contribution in [2.45, 2.75) is 0 Å². The summed E-state index contributed by atoms with van der Waals surface area (Å²) in [5.41, 5.74) is 5.56. The fraction of sp³-hybridized carbons (Fsp3) is 0. The van der Waals surface area contributed by atoms with Crippen molar-refractivity contribution in [3.05, 3.63) is 32.7 Å². The van der Waals surface area contributed by atoms with E-state index in [1.165, 1.54) is 40.9 Å².